The molecular formula is C15H24IN3O2S. The zero-order valence-corrected chi connectivity index (χ0v) is 15.9. The summed E-state index contributed by atoms with van der Waals surface area (Å²) in [5, 5.41) is 9.92. The van der Waals surface area contributed by atoms with E-state index in [4.69, 9.17) is 10.5 Å². The first kappa shape index (κ1) is 19.4. The fraction of sp³-hybridized carbons (Fsp3) is 0.533. The molecule has 0 aromatic heterocycles. The van der Waals surface area contributed by atoms with E-state index in [1.54, 1.807) is 0 Å². The van der Waals surface area contributed by atoms with Crippen LogP contribution in [0.5, 0.6) is 5.75 Å². The van der Waals surface area contributed by atoms with Gasteiger partial charge >= 0.3 is 0 Å². The van der Waals surface area contributed by atoms with Crippen molar-refractivity contribution in [1.82, 2.24) is 4.90 Å². The Morgan fingerprint density at radius 3 is 2.86 bits per heavy atom. The van der Waals surface area contributed by atoms with Crippen LogP contribution >= 0.6 is 35.7 Å². The van der Waals surface area contributed by atoms with Crippen molar-refractivity contribution in [2.75, 3.05) is 37.7 Å². The Morgan fingerprint density at radius 1 is 1.45 bits per heavy atom. The van der Waals surface area contributed by atoms with Gasteiger partial charge in [-0.05, 0) is 24.6 Å². The average Bonchev–Trinajstić information content (AvgIpc) is 2.51. The topological polar surface area (TPSA) is 71.1 Å². The summed E-state index contributed by atoms with van der Waals surface area (Å²) in [7, 11) is 0. The van der Waals surface area contributed by atoms with E-state index >= 15 is 0 Å². The highest BCUT2D eigenvalue weighted by Crippen LogP contribution is 2.12. The molecule has 22 heavy (non-hydrogen) atoms. The molecule has 3 N–H and O–H groups in total. The molecule has 1 saturated heterocycles. The van der Waals surface area contributed by atoms with Gasteiger partial charge in [-0.15, -0.1) is 24.0 Å². The maximum Gasteiger partial charge on any atom is 0.191 e. The highest BCUT2D eigenvalue weighted by atomic mass is 127. The second kappa shape index (κ2) is 10.2. The number of aliphatic hydroxyl groups excluding tert-OH is 1. The number of guanidine groups is 1. The molecule has 2 rings (SSSR count). The molecule has 1 unspecified atom stereocenters. The Labute approximate surface area is 153 Å². The van der Waals surface area contributed by atoms with E-state index in [9.17, 15) is 5.11 Å². The lowest BCUT2D eigenvalue weighted by molar-refractivity contribution is 0.114. The fourth-order valence-corrected chi connectivity index (χ4v) is 2.94. The van der Waals surface area contributed by atoms with Crippen LogP contribution in [0.15, 0.2) is 29.3 Å². The van der Waals surface area contributed by atoms with E-state index in [0.717, 1.165) is 35.9 Å². The molecule has 0 radical (unpaired) electrons. The molecule has 0 aliphatic carbocycles. The van der Waals surface area contributed by atoms with Gasteiger partial charge < -0.3 is 20.5 Å². The third kappa shape index (κ3) is 6.62. The first-order chi connectivity index (χ1) is 10.1. The van der Waals surface area contributed by atoms with Crippen LogP contribution < -0.4 is 10.5 Å². The van der Waals surface area contributed by atoms with E-state index in [1.807, 2.05) is 43.0 Å². The number of nitrogens with two attached hydrogens (primary N) is 1. The minimum atomic E-state index is -0.650. The summed E-state index contributed by atoms with van der Waals surface area (Å²) in [6.45, 7) is 4.34. The van der Waals surface area contributed by atoms with Crippen molar-refractivity contribution in [3.63, 3.8) is 0 Å². The molecule has 124 valence electrons. The molecule has 1 aromatic carbocycles. The predicted octanol–water partition coefficient (Wildman–Crippen LogP) is 1.72. The molecule has 1 aromatic rings. The Hall–Kier alpha value is -0.670. The number of rotatable bonds is 5. The molecule has 1 heterocycles. The van der Waals surface area contributed by atoms with Gasteiger partial charge in [-0.2, -0.15) is 11.8 Å². The number of hydrogen-bond acceptors (Lipinski definition) is 4. The second-order valence-corrected chi connectivity index (χ2v) is 6.30. The summed E-state index contributed by atoms with van der Waals surface area (Å²) in [5.74, 6) is 3.44. The zero-order chi connectivity index (χ0) is 15.1. The Morgan fingerprint density at radius 2 is 2.18 bits per heavy atom. The largest absolute Gasteiger partial charge is 0.491 e. The average molecular weight is 437 g/mol. The number of aliphatic imine (C=N–C) groups is 1. The number of hydrogen-bond donors (Lipinski definition) is 2. The van der Waals surface area contributed by atoms with Crippen molar-refractivity contribution in [1.29, 1.82) is 0 Å². The van der Waals surface area contributed by atoms with Crippen LogP contribution in [0.1, 0.15) is 5.56 Å². The minimum absolute atomic E-state index is 0. The van der Waals surface area contributed by atoms with E-state index < -0.39 is 6.10 Å². The summed E-state index contributed by atoms with van der Waals surface area (Å²) in [4.78, 5) is 6.32. The number of benzene rings is 1. The lowest BCUT2D eigenvalue weighted by Gasteiger charge is -2.27. The third-order valence-electron chi connectivity index (χ3n) is 3.23. The number of aryl methyl sites for hydroxylation is 1. The van der Waals surface area contributed by atoms with Crippen molar-refractivity contribution < 1.29 is 9.84 Å². The van der Waals surface area contributed by atoms with Crippen LogP contribution in [0.4, 0.5) is 0 Å². The van der Waals surface area contributed by atoms with Gasteiger partial charge in [0.05, 0.1) is 6.54 Å². The van der Waals surface area contributed by atoms with Crippen molar-refractivity contribution >= 4 is 41.7 Å². The summed E-state index contributed by atoms with van der Waals surface area (Å²) >= 11 is 1.93. The number of aliphatic hydroxyl groups is 1. The van der Waals surface area contributed by atoms with Crippen LogP contribution in [0.2, 0.25) is 0 Å². The van der Waals surface area contributed by atoms with Crippen molar-refractivity contribution in [2.45, 2.75) is 13.0 Å². The van der Waals surface area contributed by atoms with Crippen LogP contribution in [0.25, 0.3) is 0 Å². The van der Waals surface area contributed by atoms with E-state index in [-0.39, 0.29) is 37.1 Å². The molecule has 0 amide bonds. The Kier molecular flexibility index (Phi) is 8.96. The van der Waals surface area contributed by atoms with Gasteiger partial charge in [-0.3, -0.25) is 4.99 Å². The van der Waals surface area contributed by atoms with Gasteiger partial charge in [0.2, 0.25) is 0 Å². The second-order valence-electron chi connectivity index (χ2n) is 5.08. The van der Waals surface area contributed by atoms with Crippen molar-refractivity contribution in [2.24, 2.45) is 10.7 Å². The third-order valence-corrected chi connectivity index (χ3v) is 4.17. The lowest BCUT2D eigenvalue weighted by atomic mass is 10.2. The molecule has 1 aliphatic rings. The summed E-state index contributed by atoms with van der Waals surface area (Å²) in [6.07, 6.45) is -0.650. The molecule has 5 nitrogen and oxygen atoms in total. The van der Waals surface area contributed by atoms with Crippen LogP contribution in [-0.4, -0.2) is 59.8 Å². The highest BCUT2D eigenvalue weighted by molar-refractivity contribution is 14.0. The molecular weight excluding hydrogens is 413 g/mol. The zero-order valence-electron chi connectivity index (χ0n) is 12.8. The van der Waals surface area contributed by atoms with Crippen molar-refractivity contribution in [3.05, 3.63) is 29.8 Å². The number of ether oxygens (including phenoxy) is 1. The molecule has 0 spiro atoms. The Bertz CT molecular complexity index is 482. The molecule has 7 heteroatoms. The van der Waals surface area contributed by atoms with E-state index in [0.29, 0.717) is 5.96 Å². The molecule has 0 saturated carbocycles. The predicted molar refractivity (Wildman–Crippen MR) is 103 cm³/mol. The molecule has 1 fully saturated rings. The fourth-order valence-electron chi connectivity index (χ4n) is 2.04. The highest BCUT2D eigenvalue weighted by Gasteiger charge is 2.13. The molecule has 1 aliphatic heterocycles. The smallest absolute Gasteiger partial charge is 0.191 e. The van der Waals surface area contributed by atoms with E-state index in [2.05, 4.69) is 9.89 Å². The molecule has 0 bridgehead atoms. The Balaban J connectivity index is 0.00000242. The van der Waals surface area contributed by atoms with E-state index in [1.165, 1.54) is 0 Å². The van der Waals surface area contributed by atoms with Gasteiger partial charge in [0.15, 0.2) is 5.96 Å². The first-order valence-electron chi connectivity index (χ1n) is 7.15. The van der Waals surface area contributed by atoms with Gasteiger partial charge in [0.1, 0.15) is 18.5 Å². The standard InChI is InChI=1S/C15H23N3O2S.HI/c1-12-3-2-4-14(9-12)20-11-13(19)10-17-15(16)18-5-7-21-8-6-18;/h2-4,9,13,19H,5-8,10-11H2,1H3,(H2,16,17);1H. The van der Waals surface area contributed by atoms with Crippen molar-refractivity contribution in [3.8, 4) is 5.75 Å². The summed E-state index contributed by atoms with van der Waals surface area (Å²) < 4.78 is 5.55. The van der Waals surface area contributed by atoms with Crippen LogP contribution in [0.3, 0.4) is 0 Å². The number of halogens is 1. The van der Waals surface area contributed by atoms with Gasteiger partial charge in [0.25, 0.3) is 0 Å². The number of thioether (sulfide) groups is 1. The monoisotopic (exact) mass is 437 g/mol. The SMILES string of the molecule is Cc1cccc(OCC(O)CN=C(N)N2CCSCC2)c1.I. The molecule has 1 atom stereocenters. The summed E-state index contributed by atoms with van der Waals surface area (Å²) in [5.41, 5.74) is 7.07. The maximum atomic E-state index is 9.92. The van der Waals surface area contributed by atoms with Crippen LogP contribution in [0, 0.1) is 6.92 Å². The minimum Gasteiger partial charge on any atom is -0.491 e. The normalized spacial score (nSPS) is 16.8. The number of nitrogens with zero attached hydrogens (tertiary/aromatic N) is 2. The first-order valence-corrected chi connectivity index (χ1v) is 8.31. The van der Waals surface area contributed by atoms with Gasteiger partial charge in [-0.1, -0.05) is 12.1 Å². The van der Waals surface area contributed by atoms with Gasteiger partial charge in [-0.25, -0.2) is 0 Å². The van der Waals surface area contributed by atoms with Crippen LogP contribution in [-0.2, 0) is 0 Å². The maximum absolute atomic E-state index is 9.92. The quantitative estimate of drug-likeness (QED) is 0.417. The lowest BCUT2D eigenvalue weighted by Crippen LogP contribution is -2.43. The van der Waals surface area contributed by atoms with Gasteiger partial charge in [0, 0.05) is 24.6 Å². The summed E-state index contributed by atoms with van der Waals surface area (Å²) in [6, 6.07) is 7.76.